The Morgan fingerprint density at radius 1 is 0.897 bits per heavy atom. The van der Waals surface area contributed by atoms with Crippen molar-refractivity contribution in [2.75, 3.05) is 12.0 Å². The van der Waals surface area contributed by atoms with Crippen LogP contribution in [0, 0.1) is 6.92 Å². The predicted molar refractivity (Wildman–Crippen MR) is 151 cm³/mol. The predicted octanol–water partition coefficient (Wildman–Crippen LogP) is 5.96. The molecule has 0 unspecified atom stereocenters. The summed E-state index contributed by atoms with van der Waals surface area (Å²) in [6.45, 7) is 4.33. The second-order valence-electron chi connectivity index (χ2n) is 9.22. The molecule has 0 spiro atoms. The van der Waals surface area contributed by atoms with E-state index in [-0.39, 0.29) is 5.57 Å². The van der Waals surface area contributed by atoms with Crippen molar-refractivity contribution in [2.24, 2.45) is 0 Å². The van der Waals surface area contributed by atoms with E-state index in [0.29, 0.717) is 35.8 Å². The molecule has 0 aliphatic carbocycles. The topological polar surface area (TPSA) is 84.9 Å². The summed E-state index contributed by atoms with van der Waals surface area (Å²) >= 11 is 0. The average molecular weight is 521 g/mol. The molecule has 39 heavy (non-hydrogen) atoms. The lowest BCUT2D eigenvalue weighted by molar-refractivity contribution is -0.122. The van der Waals surface area contributed by atoms with E-state index in [2.05, 4.69) is 36.5 Å². The van der Waals surface area contributed by atoms with Gasteiger partial charge in [-0.15, -0.1) is 0 Å². The van der Waals surface area contributed by atoms with Gasteiger partial charge < -0.3 is 9.47 Å². The number of carbonyl (C=O) groups excluding carboxylic acids is 3. The molecule has 196 valence electrons. The van der Waals surface area contributed by atoms with Crippen LogP contribution in [0.2, 0.25) is 0 Å². The summed E-state index contributed by atoms with van der Waals surface area (Å²) in [6, 6.07) is 23.9. The number of hydrogen-bond donors (Lipinski definition) is 1. The average Bonchev–Trinajstić information content (AvgIpc) is 2.95. The number of urea groups is 1. The van der Waals surface area contributed by atoms with Crippen LogP contribution in [0.15, 0.2) is 84.4 Å². The van der Waals surface area contributed by atoms with Crippen molar-refractivity contribution in [3.8, 4) is 11.5 Å². The number of para-hydroxylation sites is 1. The Labute approximate surface area is 226 Å². The smallest absolute Gasteiger partial charge is 0.335 e. The van der Waals surface area contributed by atoms with Crippen LogP contribution >= 0.6 is 0 Å². The van der Waals surface area contributed by atoms with E-state index in [4.69, 9.17) is 9.47 Å². The van der Waals surface area contributed by atoms with E-state index in [1.54, 1.807) is 30.3 Å². The first kappa shape index (κ1) is 25.7. The molecule has 0 bridgehead atoms. The van der Waals surface area contributed by atoms with Crippen LogP contribution in [-0.4, -0.2) is 25.0 Å². The van der Waals surface area contributed by atoms with Gasteiger partial charge in [-0.05, 0) is 65.1 Å². The molecule has 0 aromatic heterocycles. The molecule has 5 rings (SSSR count). The minimum atomic E-state index is -0.770. The van der Waals surface area contributed by atoms with Gasteiger partial charge in [-0.25, -0.2) is 9.69 Å². The van der Waals surface area contributed by atoms with Gasteiger partial charge in [0.25, 0.3) is 11.8 Å². The lowest BCUT2D eigenvalue weighted by Crippen LogP contribution is -2.54. The Morgan fingerprint density at radius 2 is 1.67 bits per heavy atom. The maximum Gasteiger partial charge on any atom is 0.335 e. The molecular formula is C32H28N2O5. The first-order valence-electron chi connectivity index (χ1n) is 12.7. The van der Waals surface area contributed by atoms with E-state index in [1.165, 1.54) is 13.2 Å². The van der Waals surface area contributed by atoms with Gasteiger partial charge >= 0.3 is 6.03 Å². The SMILES string of the molecule is CCc1ccccc1N1C(=O)NC(=O)/C(=C/c2ccc(OCc3c(C)ccc4ccccc34)c(OC)c2)C1=O. The monoisotopic (exact) mass is 520 g/mol. The molecule has 0 saturated carbocycles. The minimum absolute atomic E-state index is 0.150. The number of barbiturate groups is 1. The number of methoxy groups -OCH3 is 1. The van der Waals surface area contributed by atoms with Crippen LogP contribution in [0.25, 0.3) is 16.8 Å². The van der Waals surface area contributed by atoms with Gasteiger partial charge in [0.1, 0.15) is 12.2 Å². The fraction of sp³-hybridized carbons (Fsp3) is 0.156. The fourth-order valence-corrected chi connectivity index (χ4v) is 4.75. The third-order valence-electron chi connectivity index (χ3n) is 6.86. The summed E-state index contributed by atoms with van der Waals surface area (Å²) < 4.78 is 11.7. The number of nitrogens with one attached hydrogen (secondary N) is 1. The van der Waals surface area contributed by atoms with Gasteiger partial charge in [0.15, 0.2) is 11.5 Å². The van der Waals surface area contributed by atoms with Crippen molar-refractivity contribution in [1.82, 2.24) is 5.32 Å². The second kappa shape index (κ2) is 10.8. The fourth-order valence-electron chi connectivity index (χ4n) is 4.75. The maximum absolute atomic E-state index is 13.4. The molecule has 7 heteroatoms. The molecule has 0 radical (unpaired) electrons. The van der Waals surface area contributed by atoms with E-state index in [1.807, 2.05) is 31.2 Å². The molecule has 7 nitrogen and oxygen atoms in total. The van der Waals surface area contributed by atoms with Crippen LogP contribution in [-0.2, 0) is 22.6 Å². The molecule has 1 fully saturated rings. The summed E-state index contributed by atoms with van der Waals surface area (Å²) in [5, 5.41) is 4.55. The molecule has 4 amide bonds. The molecule has 1 N–H and O–H groups in total. The van der Waals surface area contributed by atoms with Crippen molar-refractivity contribution in [3.05, 3.63) is 107 Å². The lowest BCUT2D eigenvalue weighted by Gasteiger charge is -2.28. The van der Waals surface area contributed by atoms with E-state index >= 15 is 0 Å². The first-order valence-corrected chi connectivity index (χ1v) is 12.7. The zero-order valence-corrected chi connectivity index (χ0v) is 22.0. The van der Waals surface area contributed by atoms with Crippen LogP contribution < -0.4 is 19.7 Å². The Kier molecular flexibility index (Phi) is 7.14. The number of hydrogen-bond acceptors (Lipinski definition) is 5. The molecule has 1 aliphatic rings. The first-order chi connectivity index (χ1) is 18.9. The number of anilines is 1. The number of fused-ring (bicyclic) bond motifs is 1. The van der Waals surface area contributed by atoms with Crippen molar-refractivity contribution >= 4 is 40.4 Å². The summed E-state index contributed by atoms with van der Waals surface area (Å²) in [7, 11) is 1.53. The Hall–Kier alpha value is -4.91. The number of carbonyl (C=O) groups is 3. The van der Waals surface area contributed by atoms with Gasteiger partial charge in [0.05, 0.1) is 12.8 Å². The molecule has 0 atom stereocenters. The van der Waals surface area contributed by atoms with Crippen molar-refractivity contribution < 1.29 is 23.9 Å². The summed E-state index contributed by atoms with van der Waals surface area (Å²) in [4.78, 5) is 39.7. The number of nitrogens with zero attached hydrogens (tertiary/aromatic N) is 1. The molecule has 4 aromatic rings. The third kappa shape index (κ3) is 4.99. The highest BCUT2D eigenvalue weighted by molar-refractivity contribution is 6.39. The molecule has 4 aromatic carbocycles. The molecule has 1 heterocycles. The zero-order chi connectivity index (χ0) is 27.5. The number of benzene rings is 4. The molecule has 1 saturated heterocycles. The van der Waals surface area contributed by atoms with Crippen LogP contribution in [0.3, 0.4) is 0 Å². The van der Waals surface area contributed by atoms with Crippen molar-refractivity contribution in [3.63, 3.8) is 0 Å². The number of aryl methyl sites for hydroxylation is 2. The van der Waals surface area contributed by atoms with Crippen molar-refractivity contribution in [1.29, 1.82) is 0 Å². The highest BCUT2D eigenvalue weighted by Gasteiger charge is 2.37. The molecule has 1 aliphatic heterocycles. The highest BCUT2D eigenvalue weighted by atomic mass is 16.5. The normalized spacial score (nSPS) is 14.6. The quantitative estimate of drug-likeness (QED) is 0.240. The largest absolute Gasteiger partial charge is 0.493 e. The third-order valence-corrected chi connectivity index (χ3v) is 6.86. The Balaban J connectivity index is 1.43. The Morgan fingerprint density at radius 3 is 2.46 bits per heavy atom. The highest BCUT2D eigenvalue weighted by Crippen LogP contribution is 2.32. The van der Waals surface area contributed by atoms with Crippen LogP contribution in [0.4, 0.5) is 10.5 Å². The summed E-state index contributed by atoms with van der Waals surface area (Å²) in [5.74, 6) is -0.452. The van der Waals surface area contributed by atoms with Gasteiger partial charge in [0.2, 0.25) is 0 Å². The van der Waals surface area contributed by atoms with Gasteiger partial charge in [-0.2, -0.15) is 0 Å². The van der Waals surface area contributed by atoms with Crippen LogP contribution in [0.1, 0.15) is 29.2 Å². The summed E-state index contributed by atoms with van der Waals surface area (Å²) in [6.07, 6.45) is 2.07. The van der Waals surface area contributed by atoms with Crippen molar-refractivity contribution in [2.45, 2.75) is 26.9 Å². The van der Waals surface area contributed by atoms with E-state index in [9.17, 15) is 14.4 Å². The summed E-state index contributed by atoms with van der Waals surface area (Å²) in [5.41, 5.74) is 3.88. The Bertz CT molecular complexity index is 1640. The molecular weight excluding hydrogens is 492 g/mol. The van der Waals surface area contributed by atoms with Gasteiger partial charge in [0, 0.05) is 5.56 Å². The van der Waals surface area contributed by atoms with Crippen LogP contribution in [0.5, 0.6) is 11.5 Å². The lowest BCUT2D eigenvalue weighted by atomic mass is 10.0. The minimum Gasteiger partial charge on any atom is -0.493 e. The van der Waals surface area contributed by atoms with Gasteiger partial charge in [-0.3, -0.25) is 14.9 Å². The second-order valence-corrected chi connectivity index (χ2v) is 9.22. The van der Waals surface area contributed by atoms with E-state index in [0.717, 1.165) is 32.4 Å². The van der Waals surface area contributed by atoms with Gasteiger partial charge in [-0.1, -0.05) is 67.6 Å². The zero-order valence-electron chi connectivity index (χ0n) is 22.0. The standard InChI is InChI=1S/C32H28N2O5/c1-4-22-9-6-8-12-27(22)34-31(36)25(30(35)33-32(34)37)17-21-14-16-28(29(18-21)38-3)39-19-26-20(2)13-15-23-10-5-7-11-24(23)26/h5-18H,4,19H2,1-3H3,(H,33,35,37)/b25-17-. The van der Waals surface area contributed by atoms with E-state index < -0.39 is 17.8 Å². The number of rotatable bonds is 7. The number of amides is 4. The maximum atomic E-state index is 13.4. The number of imide groups is 2. The number of ether oxygens (including phenoxy) is 2.